The van der Waals surface area contributed by atoms with Crippen molar-refractivity contribution < 1.29 is 23.8 Å². The Labute approximate surface area is 169 Å². The van der Waals surface area contributed by atoms with Crippen LogP contribution in [0.15, 0.2) is 52.9 Å². The zero-order valence-corrected chi connectivity index (χ0v) is 16.7. The summed E-state index contributed by atoms with van der Waals surface area (Å²) in [5.74, 6) is 0.791. The molecule has 0 amide bonds. The summed E-state index contributed by atoms with van der Waals surface area (Å²) in [6.07, 6.45) is 0.295. The van der Waals surface area contributed by atoms with Gasteiger partial charge in [0.25, 0.3) is 0 Å². The molecule has 0 aliphatic carbocycles. The van der Waals surface area contributed by atoms with Gasteiger partial charge in [0.2, 0.25) is 0 Å². The smallest absolute Gasteiger partial charge is 0.336 e. The van der Waals surface area contributed by atoms with Gasteiger partial charge in [0.05, 0.1) is 18.8 Å². The average molecular weight is 395 g/mol. The van der Waals surface area contributed by atoms with E-state index in [1.165, 1.54) is 0 Å². The maximum Gasteiger partial charge on any atom is 0.336 e. The molecule has 1 aromatic heterocycles. The van der Waals surface area contributed by atoms with Gasteiger partial charge in [-0.1, -0.05) is 18.2 Å². The number of hydrogen-bond donors (Lipinski definition) is 1. The van der Waals surface area contributed by atoms with E-state index in [0.29, 0.717) is 26.2 Å². The van der Waals surface area contributed by atoms with Crippen molar-refractivity contribution in [2.45, 2.75) is 32.4 Å². The summed E-state index contributed by atoms with van der Waals surface area (Å²) in [4.78, 5) is 13.9. The molecule has 2 heterocycles. The molecular formula is C23H25NO5. The fourth-order valence-electron chi connectivity index (χ4n) is 3.81. The molecule has 2 aromatic carbocycles. The van der Waals surface area contributed by atoms with E-state index in [2.05, 4.69) is 11.0 Å². The second-order valence-corrected chi connectivity index (χ2v) is 7.47. The SMILES string of the molecule is CCOC(C)(Cc1ccc2oc(CN3CCOc4ccccc43)cc2c1)C(=O)O. The van der Waals surface area contributed by atoms with Crippen LogP contribution < -0.4 is 9.64 Å². The van der Waals surface area contributed by atoms with E-state index in [1.807, 2.05) is 42.5 Å². The monoisotopic (exact) mass is 395 g/mol. The first kappa shape index (κ1) is 19.3. The highest BCUT2D eigenvalue weighted by Gasteiger charge is 2.34. The van der Waals surface area contributed by atoms with Crippen LogP contribution in [0.2, 0.25) is 0 Å². The van der Waals surface area contributed by atoms with Gasteiger partial charge in [-0.2, -0.15) is 0 Å². The number of carboxylic acid groups (broad SMARTS) is 1. The minimum Gasteiger partial charge on any atom is -0.490 e. The van der Waals surface area contributed by atoms with Crippen LogP contribution in [0.3, 0.4) is 0 Å². The molecule has 1 aliphatic rings. The molecule has 1 N–H and O–H groups in total. The molecule has 6 heteroatoms. The Bertz CT molecular complexity index is 1030. The number of carboxylic acids is 1. The molecule has 0 radical (unpaired) electrons. The second-order valence-electron chi connectivity index (χ2n) is 7.47. The number of benzene rings is 2. The third kappa shape index (κ3) is 3.93. The number of fused-ring (bicyclic) bond motifs is 2. The summed E-state index contributed by atoms with van der Waals surface area (Å²) in [6.45, 7) is 5.85. The molecule has 1 atom stereocenters. The Kier molecular flexibility index (Phi) is 5.20. The second kappa shape index (κ2) is 7.79. The maximum atomic E-state index is 11.6. The maximum absolute atomic E-state index is 11.6. The lowest BCUT2D eigenvalue weighted by molar-refractivity contribution is -0.162. The van der Waals surface area contributed by atoms with Crippen LogP contribution in [-0.2, 0) is 22.5 Å². The van der Waals surface area contributed by atoms with Crippen LogP contribution in [0, 0.1) is 0 Å². The van der Waals surface area contributed by atoms with Crippen molar-refractivity contribution in [1.82, 2.24) is 0 Å². The van der Waals surface area contributed by atoms with E-state index in [0.717, 1.165) is 40.3 Å². The molecule has 29 heavy (non-hydrogen) atoms. The number of nitrogens with zero attached hydrogens (tertiary/aromatic N) is 1. The molecule has 0 saturated carbocycles. The van der Waals surface area contributed by atoms with E-state index in [4.69, 9.17) is 13.9 Å². The highest BCUT2D eigenvalue weighted by atomic mass is 16.5. The third-order valence-corrected chi connectivity index (χ3v) is 5.26. The van der Waals surface area contributed by atoms with Crippen LogP contribution in [0.25, 0.3) is 11.0 Å². The van der Waals surface area contributed by atoms with E-state index in [1.54, 1.807) is 13.8 Å². The third-order valence-electron chi connectivity index (χ3n) is 5.26. The lowest BCUT2D eigenvalue weighted by atomic mass is 9.95. The molecule has 152 valence electrons. The average Bonchev–Trinajstić information content (AvgIpc) is 3.10. The number of hydrogen-bond acceptors (Lipinski definition) is 5. The fourth-order valence-corrected chi connectivity index (χ4v) is 3.81. The fraction of sp³-hybridized carbons (Fsp3) is 0.348. The first-order valence-corrected chi connectivity index (χ1v) is 9.84. The lowest BCUT2D eigenvalue weighted by Crippen LogP contribution is -2.40. The van der Waals surface area contributed by atoms with E-state index in [-0.39, 0.29) is 0 Å². The Hall–Kier alpha value is -2.99. The molecule has 0 bridgehead atoms. The van der Waals surface area contributed by atoms with Crippen LogP contribution in [0.1, 0.15) is 25.2 Å². The van der Waals surface area contributed by atoms with Gasteiger partial charge in [0, 0.05) is 18.4 Å². The van der Waals surface area contributed by atoms with Crippen molar-refractivity contribution in [2.75, 3.05) is 24.7 Å². The minimum atomic E-state index is -1.24. The van der Waals surface area contributed by atoms with Gasteiger partial charge in [0.1, 0.15) is 23.7 Å². The summed E-state index contributed by atoms with van der Waals surface area (Å²) in [7, 11) is 0. The normalized spacial score (nSPS) is 15.6. The standard InChI is InChI=1S/C23H25NO5/c1-3-28-23(2,22(25)26)14-16-8-9-20-17(12-16)13-18(29-20)15-24-10-11-27-21-7-5-4-6-19(21)24/h4-9,12-13H,3,10-11,14-15H2,1-2H3,(H,25,26). The van der Waals surface area contributed by atoms with Gasteiger partial charge in [-0.05, 0) is 49.7 Å². The van der Waals surface area contributed by atoms with Gasteiger partial charge in [0.15, 0.2) is 5.60 Å². The van der Waals surface area contributed by atoms with Crippen molar-refractivity contribution >= 4 is 22.6 Å². The molecule has 0 saturated heterocycles. The van der Waals surface area contributed by atoms with Crippen molar-refractivity contribution in [1.29, 1.82) is 0 Å². The molecule has 0 fully saturated rings. The van der Waals surface area contributed by atoms with Gasteiger partial charge in [-0.3, -0.25) is 0 Å². The molecule has 1 aliphatic heterocycles. The van der Waals surface area contributed by atoms with E-state index in [9.17, 15) is 9.90 Å². The number of rotatable bonds is 7. The van der Waals surface area contributed by atoms with Gasteiger partial charge in [-0.15, -0.1) is 0 Å². The van der Waals surface area contributed by atoms with Gasteiger partial charge < -0.3 is 23.9 Å². The predicted octanol–water partition coefficient (Wildman–Crippen LogP) is 4.25. The summed E-state index contributed by atoms with van der Waals surface area (Å²) < 4.78 is 17.3. The molecule has 0 spiro atoms. The number of furan rings is 1. The highest BCUT2D eigenvalue weighted by Crippen LogP contribution is 2.33. The van der Waals surface area contributed by atoms with E-state index < -0.39 is 11.6 Å². The molecule has 6 nitrogen and oxygen atoms in total. The molecule has 3 aromatic rings. The Morgan fingerprint density at radius 2 is 2.07 bits per heavy atom. The van der Waals surface area contributed by atoms with Crippen LogP contribution in [0.5, 0.6) is 5.75 Å². The van der Waals surface area contributed by atoms with Crippen LogP contribution in [-0.4, -0.2) is 36.4 Å². The van der Waals surface area contributed by atoms with Crippen molar-refractivity contribution in [3.05, 3.63) is 59.9 Å². The quantitative estimate of drug-likeness (QED) is 0.645. The Morgan fingerprint density at radius 1 is 1.24 bits per heavy atom. The van der Waals surface area contributed by atoms with Gasteiger partial charge >= 0.3 is 5.97 Å². The summed E-state index contributed by atoms with van der Waals surface area (Å²) in [6, 6.07) is 15.8. The highest BCUT2D eigenvalue weighted by molar-refractivity contribution is 5.80. The molecule has 1 unspecified atom stereocenters. The number of anilines is 1. The van der Waals surface area contributed by atoms with Crippen molar-refractivity contribution in [2.24, 2.45) is 0 Å². The molecular weight excluding hydrogens is 370 g/mol. The van der Waals surface area contributed by atoms with Crippen LogP contribution in [0.4, 0.5) is 5.69 Å². The zero-order chi connectivity index (χ0) is 20.4. The van der Waals surface area contributed by atoms with Crippen molar-refractivity contribution in [3.63, 3.8) is 0 Å². The summed E-state index contributed by atoms with van der Waals surface area (Å²) in [5, 5.41) is 10.5. The minimum absolute atomic E-state index is 0.295. The topological polar surface area (TPSA) is 72.1 Å². The Balaban J connectivity index is 1.56. The first-order chi connectivity index (χ1) is 14.0. The van der Waals surface area contributed by atoms with Gasteiger partial charge in [-0.25, -0.2) is 4.79 Å². The number of para-hydroxylation sites is 2. The molecule has 4 rings (SSSR count). The first-order valence-electron chi connectivity index (χ1n) is 9.84. The largest absolute Gasteiger partial charge is 0.490 e. The van der Waals surface area contributed by atoms with E-state index >= 15 is 0 Å². The number of aliphatic carboxylic acids is 1. The predicted molar refractivity (Wildman–Crippen MR) is 111 cm³/mol. The lowest BCUT2D eigenvalue weighted by Gasteiger charge is -2.30. The number of ether oxygens (including phenoxy) is 2. The zero-order valence-electron chi connectivity index (χ0n) is 16.7. The summed E-state index contributed by atoms with van der Waals surface area (Å²) >= 11 is 0. The Morgan fingerprint density at radius 3 is 2.86 bits per heavy atom. The van der Waals surface area contributed by atoms with Crippen molar-refractivity contribution in [3.8, 4) is 5.75 Å². The number of carbonyl (C=O) groups is 1. The van der Waals surface area contributed by atoms with Crippen LogP contribution >= 0.6 is 0 Å². The summed E-state index contributed by atoms with van der Waals surface area (Å²) in [5.41, 5.74) is 1.51.